The van der Waals surface area contributed by atoms with E-state index in [2.05, 4.69) is 20.1 Å². The average molecular weight is 386 g/mol. The summed E-state index contributed by atoms with van der Waals surface area (Å²) in [7, 11) is 1.72. The van der Waals surface area contributed by atoms with Gasteiger partial charge in [-0.05, 0) is 37.8 Å². The Morgan fingerprint density at radius 1 is 1.44 bits per heavy atom. The maximum Gasteiger partial charge on any atom is 0.277 e. The normalized spacial score (nSPS) is 11.9. The predicted molar refractivity (Wildman–Crippen MR) is 110 cm³/mol. The Balaban J connectivity index is 2.21. The quantitative estimate of drug-likeness (QED) is 0.515. The van der Waals surface area contributed by atoms with Crippen LogP contribution in [0.2, 0.25) is 0 Å². The van der Waals surface area contributed by atoms with E-state index in [-0.39, 0.29) is 5.56 Å². The Hall–Kier alpha value is -2.81. The van der Waals surface area contributed by atoms with Crippen LogP contribution in [0.25, 0.3) is 22.4 Å². The molecule has 0 radical (unpaired) electrons. The number of nitrogens with two attached hydrogens (primary N) is 1. The first-order valence-electron chi connectivity index (χ1n) is 8.53. The number of hydrogen-bond donors (Lipinski definition) is 2. The van der Waals surface area contributed by atoms with E-state index in [0.717, 1.165) is 6.42 Å². The lowest BCUT2D eigenvalue weighted by molar-refractivity contribution is 0.318. The van der Waals surface area contributed by atoms with Crippen LogP contribution >= 0.6 is 11.8 Å². The first kappa shape index (κ1) is 19.0. The number of ether oxygens (including phenoxy) is 1. The number of amidine groups is 1. The number of nitrogens with zero attached hydrogens (tertiary/aromatic N) is 4. The molecule has 0 spiro atoms. The number of H-pyrrole nitrogens is 1. The van der Waals surface area contributed by atoms with Crippen molar-refractivity contribution in [1.82, 2.24) is 19.7 Å². The fourth-order valence-electron chi connectivity index (χ4n) is 2.75. The van der Waals surface area contributed by atoms with Crippen LogP contribution in [0.4, 0.5) is 5.69 Å². The molecule has 2 heterocycles. The molecule has 0 amide bonds. The van der Waals surface area contributed by atoms with E-state index in [4.69, 9.17) is 10.5 Å². The largest absolute Gasteiger partial charge is 0.493 e. The second-order valence-electron chi connectivity index (χ2n) is 6.00. The van der Waals surface area contributed by atoms with Gasteiger partial charge in [0.15, 0.2) is 10.7 Å². The van der Waals surface area contributed by atoms with Gasteiger partial charge in [0, 0.05) is 7.05 Å². The zero-order valence-electron chi connectivity index (χ0n) is 15.7. The van der Waals surface area contributed by atoms with E-state index < -0.39 is 0 Å². The van der Waals surface area contributed by atoms with Gasteiger partial charge in [0.25, 0.3) is 5.56 Å². The number of hydrogen-bond acceptors (Lipinski definition) is 6. The number of aromatic amines is 1. The number of fused-ring (bicyclic) bond motifs is 1. The summed E-state index contributed by atoms with van der Waals surface area (Å²) in [6.07, 6.45) is 2.72. The number of rotatable bonds is 5. The van der Waals surface area contributed by atoms with Gasteiger partial charge < -0.3 is 15.5 Å². The van der Waals surface area contributed by atoms with Gasteiger partial charge in [-0.2, -0.15) is 5.10 Å². The van der Waals surface area contributed by atoms with Crippen molar-refractivity contribution in [3.8, 4) is 17.1 Å². The van der Waals surface area contributed by atoms with E-state index in [9.17, 15) is 4.79 Å². The van der Waals surface area contributed by atoms with Gasteiger partial charge in [-0.1, -0.05) is 18.7 Å². The Kier molecular flexibility index (Phi) is 5.50. The van der Waals surface area contributed by atoms with Crippen LogP contribution in [-0.2, 0) is 7.05 Å². The van der Waals surface area contributed by atoms with E-state index in [1.54, 1.807) is 7.05 Å². The predicted octanol–water partition coefficient (Wildman–Crippen LogP) is 2.73. The van der Waals surface area contributed by atoms with Crippen molar-refractivity contribution in [1.29, 1.82) is 0 Å². The number of nitrogens with one attached hydrogen (secondary N) is 1. The van der Waals surface area contributed by atoms with E-state index in [0.29, 0.717) is 51.3 Å². The molecule has 0 aliphatic heterocycles. The third-order valence-corrected chi connectivity index (χ3v) is 4.50. The summed E-state index contributed by atoms with van der Waals surface area (Å²) < 4.78 is 7.38. The number of aromatic nitrogens is 4. The third kappa shape index (κ3) is 3.82. The number of aryl methyl sites for hydroxylation is 2. The van der Waals surface area contributed by atoms with Crippen molar-refractivity contribution in [2.75, 3.05) is 12.9 Å². The van der Waals surface area contributed by atoms with Gasteiger partial charge >= 0.3 is 0 Å². The molecule has 0 saturated heterocycles. The van der Waals surface area contributed by atoms with E-state index in [1.165, 1.54) is 16.4 Å². The lowest BCUT2D eigenvalue weighted by Gasteiger charge is -2.11. The smallest absolute Gasteiger partial charge is 0.277 e. The summed E-state index contributed by atoms with van der Waals surface area (Å²) in [6.45, 7) is 4.41. The molecule has 8 nitrogen and oxygen atoms in total. The molecule has 0 saturated carbocycles. The molecule has 0 aliphatic rings. The van der Waals surface area contributed by atoms with Crippen molar-refractivity contribution in [3.05, 3.63) is 34.2 Å². The highest BCUT2D eigenvalue weighted by atomic mass is 32.2. The Morgan fingerprint density at radius 2 is 2.22 bits per heavy atom. The number of benzene rings is 1. The maximum atomic E-state index is 12.6. The van der Waals surface area contributed by atoms with Crippen LogP contribution < -0.4 is 16.0 Å². The second kappa shape index (κ2) is 7.83. The fourth-order valence-corrected chi connectivity index (χ4v) is 2.95. The maximum absolute atomic E-state index is 12.6. The zero-order chi connectivity index (χ0) is 19.6. The Bertz CT molecular complexity index is 1070. The van der Waals surface area contributed by atoms with Crippen molar-refractivity contribution < 1.29 is 4.74 Å². The summed E-state index contributed by atoms with van der Waals surface area (Å²) in [5.74, 6) is 1.04. The Morgan fingerprint density at radius 3 is 2.93 bits per heavy atom. The standard InChI is InChI=1S/C18H22N6O2S/c1-5-8-26-13-7-6-11(20-18(19)27-4)9-12(13)16-21-14-10(2)23-24(3)15(14)17(25)22-16/h6-7,9H,5,8H2,1-4H3,(H2,19,20)(H,21,22,25). The van der Waals surface area contributed by atoms with Gasteiger partial charge in [-0.3, -0.25) is 9.48 Å². The molecule has 27 heavy (non-hydrogen) atoms. The zero-order valence-corrected chi connectivity index (χ0v) is 16.6. The van der Waals surface area contributed by atoms with Crippen molar-refractivity contribution >= 4 is 33.7 Å². The van der Waals surface area contributed by atoms with Crippen LogP contribution in [0.5, 0.6) is 5.75 Å². The molecule has 0 aliphatic carbocycles. The molecular weight excluding hydrogens is 364 g/mol. The lowest BCUT2D eigenvalue weighted by atomic mass is 10.1. The molecular formula is C18H22N6O2S. The molecule has 3 aromatic rings. The molecule has 3 N–H and O–H groups in total. The summed E-state index contributed by atoms with van der Waals surface area (Å²) in [6, 6.07) is 5.45. The van der Waals surface area contributed by atoms with E-state index >= 15 is 0 Å². The molecule has 3 rings (SSSR count). The molecule has 9 heteroatoms. The lowest BCUT2D eigenvalue weighted by Crippen LogP contribution is -2.13. The summed E-state index contributed by atoms with van der Waals surface area (Å²) in [5.41, 5.74) is 8.58. The van der Waals surface area contributed by atoms with Gasteiger partial charge in [0.1, 0.15) is 17.1 Å². The third-order valence-electron chi connectivity index (χ3n) is 3.99. The fraction of sp³-hybridized carbons (Fsp3) is 0.333. The summed E-state index contributed by atoms with van der Waals surface area (Å²) in [5, 5.41) is 4.73. The minimum Gasteiger partial charge on any atom is -0.493 e. The molecule has 0 atom stereocenters. The van der Waals surface area contributed by atoms with Gasteiger partial charge in [0.05, 0.1) is 23.6 Å². The topological polar surface area (TPSA) is 111 Å². The highest BCUT2D eigenvalue weighted by molar-refractivity contribution is 8.13. The highest BCUT2D eigenvalue weighted by Gasteiger charge is 2.16. The second-order valence-corrected chi connectivity index (χ2v) is 6.83. The molecule has 1 aromatic carbocycles. The van der Waals surface area contributed by atoms with Crippen molar-refractivity contribution in [2.45, 2.75) is 20.3 Å². The van der Waals surface area contributed by atoms with Crippen LogP contribution in [0.3, 0.4) is 0 Å². The average Bonchev–Trinajstić information content (AvgIpc) is 2.94. The minimum absolute atomic E-state index is 0.253. The summed E-state index contributed by atoms with van der Waals surface area (Å²) in [4.78, 5) is 24.4. The number of thioether (sulfide) groups is 1. The molecule has 0 fully saturated rings. The first-order valence-corrected chi connectivity index (χ1v) is 9.76. The van der Waals surface area contributed by atoms with Gasteiger partial charge in [-0.25, -0.2) is 9.98 Å². The van der Waals surface area contributed by atoms with Crippen molar-refractivity contribution in [3.63, 3.8) is 0 Å². The van der Waals surface area contributed by atoms with Gasteiger partial charge in [-0.15, -0.1) is 0 Å². The monoisotopic (exact) mass is 386 g/mol. The Labute approximate surface area is 160 Å². The van der Waals surface area contributed by atoms with Crippen LogP contribution in [0.15, 0.2) is 28.0 Å². The van der Waals surface area contributed by atoms with Gasteiger partial charge in [0.2, 0.25) is 0 Å². The molecule has 0 unspecified atom stereocenters. The molecule has 2 aromatic heterocycles. The number of aliphatic imine (C=N–C) groups is 1. The SMILES string of the molecule is CCCOc1ccc(N=C(N)SC)cc1-c1nc2c(C)nn(C)c2c(=O)[nH]1. The van der Waals surface area contributed by atoms with E-state index in [1.807, 2.05) is 38.3 Å². The van der Waals surface area contributed by atoms with Crippen LogP contribution in [0.1, 0.15) is 19.0 Å². The molecule has 142 valence electrons. The minimum atomic E-state index is -0.253. The van der Waals surface area contributed by atoms with Crippen LogP contribution in [0, 0.1) is 6.92 Å². The first-order chi connectivity index (χ1) is 12.9. The molecule has 0 bridgehead atoms. The van der Waals surface area contributed by atoms with Crippen LogP contribution in [-0.4, -0.2) is 37.8 Å². The summed E-state index contributed by atoms with van der Waals surface area (Å²) >= 11 is 1.36. The highest BCUT2D eigenvalue weighted by Crippen LogP contribution is 2.32. The van der Waals surface area contributed by atoms with Crippen molar-refractivity contribution in [2.24, 2.45) is 17.8 Å².